The molecule has 1 heterocycles. The van der Waals surface area contributed by atoms with Crippen LogP contribution in [0, 0.1) is 0 Å². The number of carbonyl (C=O) groups is 1. The van der Waals surface area contributed by atoms with E-state index in [1.807, 2.05) is 27.7 Å². The normalized spacial score (nSPS) is 18.2. The van der Waals surface area contributed by atoms with Crippen LogP contribution in [0.15, 0.2) is 36.3 Å². The number of methoxy groups -OCH3 is 1. The Labute approximate surface area is 136 Å². The molecule has 1 aliphatic rings. The van der Waals surface area contributed by atoms with Crippen LogP contribution in [0.5, 0.6) is 5.75 Å². The summed E-state index contributed by atoms with van der Waals surface area (Å²) in [6.45, 7) is 7.86. The monoisotopic (exact) mass is 319 g/mol. The van der Waals surface area contributed by atoms with Gasteiger partial charge in [0.2, 0.25) is 0 Å². The molecule has 1 amide bonds. The molecule has 0 unspecified atom stereocenters. The number of carbonyl (C=O) groups excluding carboxylic acids is 1. The lowest BCUT2D eigenvalue weighted by atomic mass is 9.90. The van der Waals surface area contributed by atoms with Crippen molar-refractivity contribution in [2.24, 2.45) is 0 Å². The molecule has 0 bridgehead atoms. The van der Waals surface area contributed by atoms with Crippen LogP contribution < -0.4 is 15.3 Å². The Bertz CT molecular complexity index is 612. The third-order valence-electron chi connectivity index (χ3n) is 4.00. The van der Waals surface area contributed by atoms with Gasteiger partial charge in [0, 0.05) is 5.56 Å². The summed E-state index contributed by atoms with van der Waals surface area (Å²) in [7, 11) is 1.58. The Morgan fingerprint density at radius 3 is 2.22 bits per heavy atom. The molecule has 0 aliphatic carbocycles. The first-order valence-electron chi connectivity index (χ1n) is 7.37. The zero-order valence-corrected chi connectivity index (χ0v) is 14.1. The molecule has 0 atom stereocenters. The van der Waals surface area contributed by atoms with Crippen molar-refractivity contribution in [3.8, 4) is 5.75 Å². The molecule has 0 saturated carbocycles. The molecule has 1 aliphatic heterocycles. The Morgan fingerprint density at radius 1 is 1.13 bits per heavy atom. The van der Waals surface area contributed by atoms with Gasteiger partial charge in [0.15, 0.2) is 6.21 Å². The van der Waals surface area contributed by atoms with Crippen LogP contribution in [-0.4, -0.2) is 30.4 Å². The number of hydrogen-bond acceptors (Lipinski definition) is 4. The maximum atomic E-state index is 11.9. The van der Waals surface area contributed by atoms with Crippen LogP contribution in [-0.2, 0) is 9.47 Å². The van der Waals surface area contributed by atoms with Gasteiger partial charge in [-0.25, -0.2) is 0 Å². The van der Waals surface area contributed by atoms with E-state index in [4.69, 9.17) is 14.2 Å². The van der Waals surface area contributed by atoms with Gasteiger partial charge in [-0.05, 0) is 52.0 Å². The summed E-state index contributed by atoms with van der Waals surface area (Å²) in [5, 5.41) is 2.70. The largest absolute Gasteiger partial charge is 0.497 e. The minimum absolute atomic E-state index is 0.253. The van der Waals surface area contributed by atoms with Gasteiger partial charge in [0.1, 0.15) is 17.0 Å². The standard InChI is InChI=1S/C17H22N2O4/c1-16(2)17(3,4)23-14(22-16)10-11-18-19-15(20)12-6-8-13(21-5)9-7-12/h6-11H,1-5H3,(H,19,20)/p+1. The molecule has 0 radical (unpaired) electrons. The van der Waals surface area contributed by atoms with E-state index in [-0.39, 0.29) is 5.91 Å². The van der Waals surface area contributed by atoms with E-state index < -0.39 is 11.2 Å². The minimum atomic E-state index is -0.418. The van der Waals surface area contributed by atoms with Crippen molar-refractivity contribution in [1.82, 2.24) is 5.43 Å². The number of allylic oxidation sites excluding steroid dienone is 1. The molecule has 1 saturated heterocycles. The Kier molecular flexibility index (Phi) is 4.63. The lowest BCUT2D eigenvalue weighted by Gasteiger charge is -2.28. The molecule has 2 rings (SSSR count). The molecule has 1 aromatic rings. The predicted molar refractivity (Wildman–Crippen MR) is 85.9 cm³/mol. The highest BCUT2D eigenvalue weighted by atomic mass is 16.7. The maximum Gasteiger partial charge on any atom is 0.304 e. The van der Waals surface area contributed by atoms with Gasteiger partial charge in [-0.15, -0.1) is 10.5 Å². The quantitative estimate of drug-likeness (QED) is 0.640. The molecule has 23 heavy (non-hydrogen) atoms. The second-order valence-electron chi connectivity index (χ2n) is 6.20. The van der Waals surface area contributed by atoms with E-state index in [2.05, 4.69) is 10.5 Å². The number of hydrogen-bond donors (Lipinski definition) is 2. The highest BCUT2D eigenvalue weighted by Gasteiger charge is 2.48. The van der Waals surface area contributed by atoms with Crippen molar-refractivity contribution in [2.75, 3.05) is 7.11 Å². The third-order valence-corrected chi connectivity index (χ3v) is 4.00. The number of hydrazine groups is 1. The molecule has 0 aromatic heterocycles. The van der Waals surface area contributed by atoms with E-state index in [9.17, 15) is 4.79 Å². The van der Waals surface area contributed by atoms with Crippen LogP contribution in [0.25, 0.3) is 0 Å². The predicted octanol–water partition coefficient (Wildman–Crippen LogP) is 0.937. The summed E-state index contributed by atoms with van der Waals surface area (Å²) >= 11 is 0. The second kappa shape index (κ2) is 6.32. The van der Waals surface area contributed by atoms with Crippen molar-refractivity contribution >= 4 is 12.1 Å². The van der Waals surface area contributed by atoms with Crippen LogP contribution in [0.4, 0.5) is 0 Å². The maximum absolute atomic E-state index is 11.9. The van der Waals surface area contributed by atoms with Gasteiger partial charge in [-0.3, -0.25) is 4.79 Å². The Morgan fingerprint density at radius 2 is 1.70 bits per heavy atom. The van der Waals surface area contributed by atoms with E-state index >= 15 is 0 Å². The molecule has 0 spiro atoms. The lowest BCUT2D eigenvalue weighted by molar-refractivity contribution is -0.502. The highest BCUT2D eigenvalue weighted by molar-refractivity contribution is 5.93. The first kappa shape index (κ1) is 16.9. The van der Waals surface area contributed by atoms with Gasteiger partial charge >= 0.3 is 5.91 Å². The summed E-state index contributed by atoms with van der Waals surface area (Å²) in [4.78, 5) is 11.9. The van der Waals surface area contributed by atoms with Gasteiger partial charge in [0.05, 0.1) is 13.2 Å². The fourth-order valence-corrected chi connectivity index (χ4v) is 1.87. The summed E-state index contributed by atoms with van der Waals surface area (Å²) < 4.78 is 16.5. The Hall–Kier alpha value is -2.50. The summed E-state index contributed by atoms with van der Waals surface area (Å²) in [5.74, 6) is 0.856. The fourth-order valence-electron chi connectivity index (χ4n) is 1.87. The highest BCUT2D eigenvalue weighted by Crippen LogP contribution is 2.39. The van der Waals surface area contributed by atoms with Crippen LogP contribution in [0.3, 0.4) is 0 Å². The fraction of sp³-hybridized carbons (Fsp3) is 0.412. The first-order chi connectivity index (χ1) is 10.7. The van der Waals surface area contributed by atoms with E-state index in [1.54, 1.807) is 43.7 Å². The average molecular weight is 319 g/mol. The summed E-state index contributed by atoms with van der Waals surface area (Å²) in [6.07, 6.45) is 3.18. The molecule has 1 aromatic carbocycles. The molecule has 6 nitrogen and oxygen atoms in total. The number of amides is 1. The van der Waals surface area contributed by atoms with Gasteiger partial charge in [-0.1, -0.05) is 0 Å². The van der Waals surface area contributed by atoms with E-state index in [0.717, 1.165) is 0 Å². The molecule has 6 heteroatoms. The number of benzene rings is 1. The third kappa shape index (κ3) is 3.83. The SMILES string of the molecule is COc1ccc(C(=O)N[NH+]=CC=C2OC(C)(C)C(C)(C)O2)cc1. The number of nitrogens with one attached hydrogen (secondary N) is 2. The topological polar surface area (TPSA) is 70.8 Å². The summed E-state index contributed by atoms with van der Waals surface area (Å²) in [6, 6.07) is 6.82. The zero-order valence-electron chi connectivity index (χ0n) is 14.1. The van der Waals surface area contributed by atoms with Crippen molar-refractivity contribution in [1.29, 1.82) is 0 Å². The molecule has 124 valence electrons. The van der Waals surface area contributed by atoms with Gasteiger partial charge in [0.25, 0.3) is 5.95 Å². The average Bonchev–Trinajstić information content (AvgIpc) is 2.71. The molecular formula is C17H23N2O4+. The van der Waals surface area contributed by atoms with Crippen molar-refractivity contribution < 1.29 is 24.1 Å². The van der Waals surface area contributed by atoms with Gasteiger partial charge in [-0.2, -0.15) is 0 Å². The zero-order chi connectivity index (χ0) is 17.1. The van der Waals surface area contributed by atoms with E-state index in [1.165, 1.54) is 0 Å². The van der Waals surface area contributed by atoms with Crippen molar-refractivity contribution in [3.05, 3.63) is 41.9 Å². The number of rotatable bonds is 4. The van der Waals surface area contributed by atoms with Crippen LogP contribution >= 0.6 is 0 Å². The van der Waals surface area contributed by atoms with Crippen LogP contribution in [0.1, 0.15) is 38.1 Å². The first-order valence-corrected chi connectivity index (χ1v) is 7.37. The number of hydrazone groups is 1. The smallest absolute Gasteiger partial charge is 0.304 e. The van der Waals surface area contributed by atoms with Gasteiger partial charge < -0.3 is 14.2 Å². The Balaban J connectivity index is 1.92. The minimum Gasteiger partial charge on any atom is -0.497 e. The molecular weight excluding hydrogens is 296 g/mol. The molecule has 1 fully saturated rings. The van der Waals surface area contributed by atoms with Crippen molar-refractivity contribution in [3.63, 3.8) is 0 Å². The summed E-state index contributed by atoms with van der Waals surface area (Å²) in [5.41, 5.74) is 2.25. The van der Waals surface area contributed by atoms with E-state index in [0.29, 0.717) is 17.3 Å². The molecule has 2 N–H and O–H groups in total. The second-order valence-corrected chi connectivity index (χ2v) is 6.20. The lowest BCUT2D eigenvalue weighted by Crippen LogP contribution is -2.81. The van der Waals surface area contributed by atoms with Crippen molar-refractivity contribution in [2.45, 2.75) is 38.9 Å². The van der Waals surface area contributed by atoms with Crippen LogP contribution in [0.2, 0.25) is 0 Å². The number of ether oxygens (including phenoxy) is 3.